The molecule has 0 aliphatic heterocycles. The van der Waals surface area contributed by atoms with E-state index in [2.05, 4.69) is 5.32 Å². The summed E-state index contributed by atoms with van der Waals surface area (Å²) in [6.45, 7) is 5.37. The number of ether oxygens (including phenoxy) is 2. The molecular weight excluding hydrogens is 405 g/mol. The third kappa shape index (κ3) is 4.86. The summed E-state index contributed by atoms with van der Waals surface area (Å²) in [7, 11) is 0. The molecule has 5 nitrogen and oxygen atoms in total. The molecule has 1 unspecified atom stereocenters. The SMILES string of the molecule is CCOC(=O)c1c(NC(=O)C(C)Oc2ccccc2)sc(C)c1-c1ccc(F)cc1. The number of benzene rings is 2. The van der Waals surface area contributed by atoms with Crippen molar-refractivity contribution < 1.29 is 23.5 Å². The number of halogens is 1. The molecule has 0 saturated heterocycles. The van der Waals surface area contributed by atoms with E-state index in [4.69, 9.17) is 9.47 Å². The Morgan fingerprint density at radius 3 is 2.40 bits per heavy atom. The Hall–Kier alpha value is -3.19. The van der Waals surface area contributed by atoms with E-state index in [1.807, 2.05) is 25.1 Å². The molecule has 0 radical (unpaired) electrons. The van der Waals surface area contributed by atoms with E-state index in [1.165, 1.54) is 23.5 Å². The Kier molecular flexibility index (Phi) is 6.84. The summed E-state index contributed by atoms with van der Waals surface area (Å²) in [5.74, 6) is -0.741. The number of hydrogen-bond donors (Lipinski definition) is 1. The van der Waals surface area contributed by atoms with Crippen LogP contribution in [0.5, 0.6) is 5.75 Å². The van der Waals surface area contributed by atoms with Crippen LogP contribution in [0.4, 0.5) is 9.39 Å². The lowest BCUT2D eigenvalue weighted by Crippen LogP contribution is -2.30. The van der Waals surface area contributed by atoms with Gasteiger partial charge in [0.15, 0.2) is 6.10 Å². The molecule has 3 aromatic rings. The van der Waals surface area contributed by atoms with Gasteiger partial charge in [0.05, 0.1) is 6.61 Å². The molecule has 1 heterocycles. The van der Waals surface area contributed by atoms with Crippen LogP contribution in [-0.2, 0) is 9.53 Å². The molecular formula is C23H22FNO4S. The lowest BCUT2D eigenvalue weighted by molar-refractivity contribution is -0.122. The maximum absolute atomic E-state index is 13.4. The van der Waals surface area contributed by atoms with Crippen molar-refractivity contribution in [2.24, 2.45) is 0 Å². The van der Waals surface area contributed by atoms with E-state index in [1.54, 1.807) is 38.1 Å². The number of nitrogens with one attached hydrogen (secondary N) is 1. The van der Waals surface area contributed by atoms with Gasteiger partial charge < -0.3 is 14.8 Å². The van der Waals surface area contributed by atoms with Crippen molar-refractivity contribution in [2.45, 2.75) is 26.9 Å². The van der Waals surface area contributed by atoms with Crippen molar-refractivity contribution in [3.63, 3.8) is 0 Å². The second kappa shape index (κ2) is 9.54. The number of carbonyl (C=O) groups excluding carboxylic acids is 2. The van der Waals surface area contributed by atoms with Crippen LogP contribution in [0.15, 0.2) is 54.6 Å². The van der Waals surface area contributed by atoms with Gasteiger partial charge in [0.2, 0.25) is 0 Å². The van der Waals surface area contributed by atoms with Gasteiger partial charge in [-0.1, -0.05) is 30.3 Å². The summed E-state index contributed by atoms with van der Waals surface area (Å²) in [5.41, 5.74) is 1.54. The van der Waals surface area contributed by atoms with Crippen LogP contribution in [-0.4, -0.2) is 24.6 Å². The van der Waals surface area contributed by atoms with Gasteiger partial charge in [0.1, 0.15) is 22.1 Å². The number of para-hydroxylation sites is 1. The molecule has 156 valence electrons. The highest BCUT2D eigenvalue weighted by molar-refractivity contribution is 7.17. The van der Waals surface area contributed by atoms with Gasteiger partial charge in [-0.15, -0.1) is 11.3 Å². The van der Waals surface area contributed by atoms with Crippen molar-refractivity contribution in [3.8, 4) is 16.9 Å². The fraction of sp³-hybridized carbons (Fsp3) is 0.217. The minimum absolute atomic E-state index is 0.192. The molecule has 2 aromatic carbocycles. The second-order valence-electron chi connectivity index (χ2n) is 6.53. The Morgan fingerprint density at radius 2 is 1.77 bits per heavy atom. The van der Waals surface area contributed by atoms with E-state index in [-0.39, 0.29) is 18.0 Å². The number of esters is 1. The first-order valence-electron chi connectivity index (χ1n) is 9.49. The summed E-state index contributed by atoms with van der Waals surface area (Å²) in [4.78, 5) is 26.2. The average molecular weight is 427 g/mol. The second-order valence-corrected chi connectivity index (χ2v) is 7.75. The Labute approximate surface area is 178 Å². The Bertz CT molecular complexity index is 1030. The van der Waals surface area contributed by atoms with Gasteiger partial charge in [-0.05, 0) is 50.6 Å². The van der Waals surface area contributed by atoms with E-state index in [0.717, 1.165) is 4.88 Å². The third-order valence-electron chi connectivity index (χ3n) is 4.36. The van der Waals surface area contributed by atoms with E-state index < -0.39 is 18.0 Å². The predicted molar refractivity (Wildman–Crippen MR) is 116 cm³/mol. The molecule has 0 spiro atoms. The van der Waals surface area contributed by atoms with Crippen LogP contribution in [0.2, 0.25) is 0 Å². The van der Waals surface area contributed by atoms with Gasteiger partial charge in [0.25, 0.3) is 5.91 Å². The van der Waals surface area contributed by atoms with Gasteiger partial charge >= 0.3 is 5.97 Å². The van der Waals surface area contributed by atoms with Crippen LogP contribution < -0.4 is 10.1 Å². The standard InChI is InChI=1S/C23H22FNO4S/c1-4-28-23(27)20-19(16-10-12-17(24)13-11-16)15(3)30-22(20)25-21(26)14(2)29-18-8-6-5-7-9-18/h5-14H,4H2,1-3H3,(H,25,26). The first kappa shape index (κ1) is 21.5. The number of amides is 1. The molecule has 0 aliphatic carbocycles. The number of rotatable bonds is 7. The molecule has 1 N–H and O–H groups in total. The van der Waals surface area contributed by atoms with E-state index >= 15 is 0 Å². The fourth-order valence-electron chi connectivity index (χ4n) is 2.97. The first-order valence-corrected chi connectivity index (χ1v) is 10.3. The van der Waals surface area contributed by atoms with E-state index in [0.29, 0.717) is 21.9 Å². The zero-order valence-electron chi connectivity index (χ0n) is 16.9. The lowest BCUT2D eigenvalue weighted by Gasteiger charge is -2.15. The Balaban J connectivity index is 1.92. The largest absolute Gasteiger partial charge is 0.481 e. The van der Waals surface area contributed by atoms with Gasteiger partial charge in [-0.3, -0.25) is 4.79 Å². The van der Waals surface area contributed by atoms with Crippen LogP contribution >= 0.6 is 11.3 Å². The van der Waals surface area contributed by atoms with Crippen molar-refractivity contribution >= 4 is 28.2 Å². The highest BCUT2D eigenvalue weighted by Gasteiger charge is 2.27. The minimum atomic E-state index is -0.779. The van der Waals surface area contributed by atoms with Crippen LogP contribution in [0.3, 0.4) is 0 Å². The number of aryl methyl sites for hydroxylation is 1. The van der Waals surface area contributed by atoms with Crippen molar-refractivity contribution in [1.82, 2.24) is 0 Å². The normalized spacial score (nSPS) is 11.6. The molecule has 0 fully saturated rings. The zero-order valence-corrected chi connectivity index (χ0v) is 17.7. The number of hydrogen-bond acceptors (Lipinski definition) is 5. The summed E-state index contributed by atoms with van der Waals surface area (Å²) in [6, 6.07) is 14.9. The van der Waals surface area contributed by atoms with Gasteiger partial charge in [0, 0.05) is 10.4 Å². The topological polar surface area (TPSA) is 64.6 Å². The van der Waals surface area contributed by atoms with Crippen LogP contribution in [0.25, 0.3) is 11.1 Å². The summed E-state index contributed by atoms with van der Waals surface area (Å²) in [5, 5.41) is 3.17. The molecule has 30 heavy (non-hydrogen) atoms. The van der Waals surface area contributed by atoms with Crippen LogP contribution in [0.1, 0.15) is 29.1 Å². The van der Waals surface area contributed by atoms with Crippen LogP contribution in [0, 0.1) is 12.7 Å². The Morgan fingerprint density at radius 1 is 1.10 bits per heavy atom. The molecule has 7 heteroatoms. The zero-order chi connectivity index (χ0) is 21.7. The summed E-state index contributed by atoms with van der Waals surface area (Å²) >= 11 is 1.26. The molecule has 3 rings (SSSR count). The van der Waals surface area contributed by atoms with E-state index in [9.17, 15) is 14.0 Å². The number of anilines is 1. The number of thiophene rings is 1. The molecule has 0 aliphatic rings. The van der Waals surface area contributed by atoms with Crippen molar-refractivity contribution in [3.05, 3.63) is 70.9 Å². The maximum atomic E-state index is 13.4. The molecule has 1 aromatic heterocycles. The van der Waals surface area contributed by atoms with Gasteiger partial charge in [-0.2, -0.15) is 0 Å². The average Bonchev–Trinajstić information content (AvgIpc) is 3.05. The summed E-state index contributed by atoms with van der Waals surface area (Å²) < 4.78 is 24.3. The molecule has 0 saturated carbocycles. The quantitative estimate of drug-likeness (QED) is 0.510. The maximum Gasteiger partial charge on any atom is 0.341 e. The smallest absolute Gasteiger partial charge is 0.341 e. The van der Waals surface area contributed by atoms with Crippen molar-refractivity contribution in [1.29, 1.82) is 0 Å². The first-order chi connectivity index (χ1) is 14.4. The van der Waals surface area contributed by atoms with Gasteiger partial charge in [-0.25, -0.2) is 9.18 Å². The molecule has 1 atom stereocenters. The molecule has 0 bridgehead atoms. The number of carbonyl (C=O) groups is 2. The minimum Gasteiger partial charge on any atom is -0.481 e. The lowest BCUT2D eigenvalue weighted by atomic mass is 10.0. The fourth-order valence-corrected chi connectivity index (χ4v) is 4.03. The third-order valence-corrected chi connectivity index (χ3v) is 5.38. The monoisotopic (exact) mass is 427 g/mol. The molecule has 1 amide bonds. The predicted octanol–water partition coefficient (Wildman–Crippen LogP) is 5.45. The highest BCUT2D eigenvalue weighted by Crippen LogP contribution is 2.40. The van der Waals surface area contributed by atoms with Crippen molar-refractivity contribution in [2.75, 3.05) is 11.9 Å². The summed E-state index contributed by atoms with van der Waals surface area (Å²) in [6.07, 6.45) is -0.779. The highest BCUT2D eigenvalue weighted by atomic mass is 32.1.